The summed E-state index contributed by atoms with van der Waals surface area (Å²) in [6, 6.07) is 8.97. The Kier molecular flexibility index (Phi) is 5.20. The minimum Gasteiger partial charge on any atom is -0.349 e. The number of sulfonamides is 1. The number of para-hydroxylation sites is 1. The molecule has 0 aliphatic carbocycles. The summed E-state index contributed by atoms with van der Waals surface area (Å²) in [7, 11) is -4.08. The van der Waals surface area contributed by atoms with Gasteiger partial charge >= 0.3 is 0 Å². The summed E-state index contributed by atoms with van der Waals surface area (Å²) in [6.07, 6.45) is 1.60. The second kappa shape index (κ2) is 7.42. The van der Waals surface area contributed by atoms with E-state index in [1.165, 1.54) is 30.3 Å². The van der Waals surface area contributed by atoms with Crippen LogP contribution in [0.1, 0.15) is 15.9 Å². The van der Waals surface area contributed by atoms with Crippen LogP contribution in [0.2, 0.25) is 5.02 Å². The Morgan fingerprint density at radius 1 is 1.30 bits per heavy atom. The van der Waals surface area contributed by atoms with Crippen molar-refractivity contribution in [3.05, 3.63) is 65.2 Å². The molecule has 3 rings (SSSR count). The van der Waals surface area contributed by atoms with Gasteiger partial charge < -0.3 is 10.6 Å². The highest BCUT2D eigenvalue weighted by Crippen LogP contribution is 2.33. The maximum Gasteiger partial charge on any atom is 0.263 e. The van der Waals surface area contributed by atoms with Crippen molar-refractivity contribution in [3.63, 3.8) is 0 Å². The van der Waals surface area contributed by atoms with Crippen LogP contribution in [0, 0.1) is 0 Å². The molecule has 0 spiro atoms. The summed E-state index contributed by atoms with van der Waals surface area (Å²) in [5.74, 6) is -0.671. The third kappa shape index (κ3) is 3.96. The molecule has 0 unspecified atom stereocenters. The quantitative estimate of drug-likeness (QED) is 0.642. The van der Waals surface area contributed by atoms with Crippen molar-refractivity contribution in [2.75, 3.05) is 16.6 Å². The molecule has 9 heteroatoms. The minimum atomic E-state index is -4.08. The molecule has 0 saturated carbocycles. The van der Waals surface area contributed by atoms with Crippen LogP contribution >= 0.6 is 11.6 Å². The molecule has 0 aromatic heterocycles. The van der Waals surface area contributed by atoms with Crippen molar-refractivity contribution < 1.29 is 18.0 Å². The van der Waals surface area contributed by atoms with E-state index in [9.17, 15) is 18.0 Å². The van der Waals surface area contributed by atoms with E-state index in [0.717, 1.165) is 0 Å². The van der Waals surface area contributed by atoms with Gasteiger partial charge in [0.25, 0.3) is 15.9 Å². The molecule has 0 bridgehead atoms. The molecule has 1 aliphatic rings. The third-order valence-electron chi connectivity index (χ3n) is 3.90. The van der Waals surface area contributed by atoms with E-state index in [1.807, 2.05) is 0 Å². The number of hydrogen-bond acceptors (Lipinski definition) is 4. The lowest BCUT2D eigenvalue weighted by Crippen LogP contribution is -2.25. The molecule has 0 fully saturated rings. The molecule has 27 heavy (non-hydrogen) atoms. The molecule has 2 aromatic carbocycles. The van der Waals surface area contributed by atoms with Crippen LogP contribution in [-0.2, 0) is 21.2 Å². The third-order valence-corrected chi connectivity index (χ3v) is 5.73. The summed E-state index contributed by atoms with van der Waals surface area (Å²) >= 11 is 6.12. The van der Waals surface area contributed by atoms with Crippen LogP contribution in [0.5, 0.6) is 0 Å². The largest absolute Gasteiger partial charge is 0.349 e. The first-order valence-electron chi connectivity index (χ1n) is 7.95. The highest BCUT2D eigenvalue weighted by atomic mass is 35.5. The lowest BCUT2D eigenvalue weighted by Gasteiger charge is -2.14. The molecule has 1 aliphatic heterocycles. The van der Waals surface area contributed by atoms with Gasteiger partial charge in [-0.2, -0.15) is 0 Å². The number of nitrogens with one attached hydrogen (secondary N) is 3. The molecular formula is C18H16ClN3O4S. The van der Waals surface area contributed by atoms with Crippen LogP contribution in [0.25, 0.3) is 0 Å². The maximum atomic E-state index is 12.8. The average Bonchev–Trinajstić information content (AvgIpc) is 2.98. The highest BCUT2D eigenvalue weighted by molar-refractivity contribution is 7.92. The van der Waals surface area contributed by atoms with Crippen molar-refractivity contribution in [3.8, 4) is 0 Å². The van der Waals surface area contributed by atoms with Gasteiger partial charge in [0.15, 0.2) is 0 Å². The molecule has 140 valence electrons. The summed E-state index contributed by atoms with van der Waals surface area (Å²) in [6.45, 7) is 3.77. The predicted molar refractivity (Wildman–Crippen MR) is 104 cm³/mol. The first-order chi connectivity index (χ1) is 12.8. The minimum absolute atomic E-state index is 0.0305. The number of amides is 2. The Morgan fingerprint density at radius 2 is 2.04 bits per heavy atom. The smallest absolute Gasteiger partial charge is 0.263 e. The number of rotatable bonds is 6. The zero-order valence-corrected chi connectivity index (χ0v) is 15.7. The lowest BCUT2D eigenvalue weighted by molar-refractivity contribution is -0.115. The van der Waals surface area contributed by atoms with E-state index in [0.29, 0.717) is 11.3 Å². The first-order valence-corrected chi connectivity index (χ1v) is 9.81. The molecule has 0 saturated heterocycles. The summed E-state index contributed by atoms with van der Waals surface area (Å²) < 4.78 is 28.1. The van der Waals surface area contributed by atoms with E-state index >= 15 is 0 Å². The molecule has 3 N–H and O–H groups in total. The number of anilines is 2. The fraction of sp³-hybridized carbons (Fsp3) is 0.111. The van der Waals surface area contributed by atoms with Crippen LogP contribution in [0.3, 0.4) is 0 Å². The van der Waals surface area contributed by atoms with Gasteiger partial charge in [0, 0.05) is 12.2 Å². The topological polar surface area (TPSA) is 104 Å². The van der Waals surface area contributed by atoms with Gasteiger partial charge in [0.1, 0.15) is 4.90 Å². The molecular weight excluding hydrogens is 390 g/mol. The van der Waals surface area contributed by atoms with Gasteiger partial charge in [0.2, 0.25) is 5.91 Å². The van der Waals surface area contributed by atoms with E-state index in [-0.39, 0.29) is 40.0 Å². The van der Waals surface area contributed by atoms with Gasteiger partial charge in [-0.05, 0) is 29.8 Å². The summed E-state index contributed by atoms with van der Waals surface area (Å²) in [5.41, 5.74) is 1.32. The van der Waals surface area contributed by atoms with Gasteiger partial charge in [0.05, 0.1) is 22.7 Å². The van der Waals surface area contributed by atoms with Crippen LogP contribution < -0.4 is 15.4 Å². The molecule has 0 radical (unpaired) electrons. The Morgan fingerprint density at radius 3 is 2.78 bits per heavy atom. The number of halogens is 1. The number of carbonyl (C=O) groups excluding carboxylic acids is 2. The zero-order valence-electron chi connectivity index (χ0n) is 14.1. The summed E-state index contributed by atoms with van der Waals surface area (Å²) in [4.78, 5) is 23.6. The van der Waals surface area contributed by atoms with Crippen LogP contribution in [0.15, 0.2) is 53.9 Å². The Bertz CT molecular complexity index is 1050. The fourth-order valence-corrected chi connectivity index (χ4v) is 4.32. The lowest BCUT2D eigenvalue weighted by atomic mass is 10.1. The Hall–Kier alpha value is -2.84. The van der Waals surface area contributed by atoms with E-state index in [1.54, 1.807) is 12.1 Å². The highest BCUT2D eigenvalue weighted by Gasteiger charge is 2.26. The normalized spacial score (nSPS) is 12.9. The number of fused-ring (bicyclic) bond motifs is 1. The van der Waals surface area contributed by atoms with Crippen molar-refractivity contribution in [2.24, 2.45) is 0 Å². The monoisotopic (exact) mass is 405 g/mol. The zero-order chi connectivity index (χ0) is 19.6. The van der Waals surface area contributed by atoms with Crippen LogP contribution in [0.4, 0.5) is 11.4 Å². The second-order valence-electron chi connectivity index (χ2n) is 5.81. The SMILES string of the molecule is C=CCNC(=O)c1ccccc1NS(=O)(=O)c1cc2c(cc1Cl)NC(=O)C2. The average molecular weight is 406 g/mol. The number of benzene rings is 2. The van der Waals surface area contributed by atoms with Gasteiger partial charge in [-0.25, -0.2) is 8.42 Å². The molecule has 1 heterocycles. The maximum absolute atomic E-state index is 12.8. The van der Waals surface area contributed by atoms with Crippen molar-refractivity contribution >= 4 is 44.8 Å². The standard InChI is InChI=1S/C18H16ClN3O4S/c1-2-7-20-18(24)12-5-3-4-6-14(12)22-27(25,26)16-8-11-9-17(23)21-15(11)10-13(16)19/h2-6,8,10,22H,1,7,9H2,(H,20,24)(H,21,23). The van der Waals surface area contributed by atoms with Crippen molar-refractivity contribution in [1.82, 2.24) is 5.32 Å². The molecule has 2 aromatic rings. The van der Waals surface area contributed by atoms with Gasteiger partial charge in [-0.1, -0.05) is 29.8 Å². The number of hydrogen-bond donors (Lipinski definition) is 3. The Balaban J connectivity index is 1.95. The van der Waals surface area contributed by atoms with E-state index in [2.05, 4.69) is 21.9 Å². The molecule has 0 atom stereocenters. The Labute approximate surface area is 161 Å². The molecule has 2 amide bonds. The molecule has 7 nitrogen and oxygen atoms in total. The predicted octanol–water partition coefficient (Wildman–Crippen LogP) is 2.55. The number of carbonyl (C=O) groups is 2. The van der Waals surface area contributed by atoms with Crippen LogP contribution in [-0.4, -0.2) is 26.8 Å². The van der Waals surface area contributed by atoms with E-state index in [4.69, 9.17) is 11.6 Å². The van der Waals surface area contributed by atoms with Gasteiger partial charge in [-0.3, -0.25) is 14.3 Å². The van der Waals surface area contributed by atoms with Crippen molar-refractivity contribution in [2.45, 2.75) is 11.3 Å². The van der Waals surface area contributed by atoms with Gasteiger partial charge in [-0.15, -0.1) is 6.58 Å². The van der Waals surface area contributed by atoms with Crippen molar-refractivity contribution in [1.29, 1.82) is 0 Å². The second-order valence-corrected chi connectivity index (χ2v) is 7.87. The first kappa shape index (κ1) is 18.9. The fourth-order valence-electron chi connectivity index (χ4n) is 2.66. The summed E-state index contributed by atoms with van der Waals surface area (Å²) in [5, 5.41) is 5.18. The van der Waals surface area contributed by atoms with E-state index < -0.39 is 15.9 Å².